The van der Waals surface area contributed by atoms with Crippen LogP contribution in [0.1, 0.15) is 16.8 Å². The number of amides is 1. The number of alkyl halides is 2. The third-order valence-corrected chi connectivity index (χ3v) is 4.96. The Morgan fingerprint density at radius 1 is 1.43 bits per heavy atom. The first-order chi connectivity index (χ1) is 10.0. The van der Waals surface area contributed by atoms with Crippen molar-refractivity contribution in [3.8, 4) is 0 Å². The van der Waals surface area contributed by atoms with Crippen molar-refractivity contribution in [3.05, 3.63) is 35.0 Å². The van der Waals surface area contributed by atoms with E-state index in [0.717, 1.165) is 0 Å². The molecule has 2 heterocycles. The van der Waals surface area contributed by atoms with Gasteiger partial charge in [-0.25, -0.2) is 8.78 Å². The molecular weight excluding hydrogens is 300 g/mol. The van der Waals surface area contributed by atoms with Crippen LogP contribution >= 0.6 is 11.6 Å². The largest absolute Gasteiger partial charge is 0.444 e. The van der Waals surface area contributed by atoms with E-state index in [1.165, 1.54) is 4.90 Å². The average molecular weight is 312 g/mol. The molecule has 6 heteroatoms. The van der Waals surface area contributed by atoms with E-state index in [4.69, 9.17) is 16.0 Å². The second-order valence-corrected chi connectivity index (χ2v) is 6.21. The molecule has 1 aromatic carbocycles. The number of benzene rings is 1. The van der Waals surface area contributed by atoms with E-state index in [9.17, 15) is 13.6 Å². The highest BCUT2D eigenvalue weighted by Crippen LogP contribution is 2.61. The zero-order valence-electron chi connectivity index (χ0n) is 11.0. The van der Waals surface area contributed by atoms with E-state index in [2.05, 4.69) is 0 Å². The maximum absolute atomic E-state index is 13.1. The van der Waals surface area contributed by atoms with Gasteiger partial charge in [-0.05, 0) is 30.0 Å². The first-order valence-electron chi connectivity index (χ1n) is 6.77. The van der Waals surface area contributed by atoms with E-state index in [1.54, 1.807) is 24.3 Å². The van der Waals surface area contributed by atoms with Crippen LogP contribution in [0.3, 0.4) is 0 Å². The molecule has 2 atom stereocenters. The number of carbonyl (C=O) groups is 1. The van der Waals surface area contributed by atoms with E-state index in [0.29, 0.717) is 23.9 Å². The Morgan fingerprint density at radius 2 is 2.19 bits per heavy atom. The summed E-state index contributed by atoms with van der Waals surface area (Å²) in [6.45, 7) is 0.475. The fourth-order valence-corrected chi connectivity index (χ4v) is 3.66. The summed E-state index contributed by atoms with van der Waals surface area (Å²) in [6.07, 6.45) is -1.87. The van der Waals surface area contributed by atoms with Crippen LogP contribution in [0.25, 0.3) is 11.0 Å². The molecule has 2 fully saturated rings. The molecule has 3 nitrogen and oxygen atoms in total. The summed E-state index contributed by atoms with van der Waals surface area (Å²) < 4.78 is 31.5. The predicted molar refractivity (Wildman–Crippen MR) is 73.7 cm³/mol. The highest BCUT2D eigenvalue weighted by molar-refractivity contribution is 6.34. The highest BCUT2D eigenvalue weighted by Gasteiger charge is 2.66. The molecule has 110 valence electrons. The number of nitrogens with zero attached hydrogens (tertiary/aromatic N) is 1. The van der Waals surface area contributed by atoms with Crippen molar-refractivity contribution in [1.29, 1.82) is 0 Å². The van der Waals surface area contributed by atoms with E-state index in [-0.39, 0.29) is 29.2 Å². The monoisotopic (exact) mass is 311 g/mol. The van der Waals surface area contributed by atoms with Crippen molar-refractivity contribution >= 4 is 28.5 Å². The predicted octanol–water partition coefficient (Wildman–Crippen LogP) is 3.81. The molecule has 0 radical (unpaired) electrons. The van der Waals surface area contributed by atoms with Crippen LogP contribution in [0.5, 0.6) is 0 Å². The van der Waals surface area contributed by atoms with Crippen LogP contribution in [0.15, 0.2) is 28.7 Å². The van der Waals surface area contributed by atoms with Crippen molar-refractivity contribution < 1.29 is 18.0 Å². The highest BCUT2D eigenvalue weighted by atomic mass is 35.5. The van der Waals surface area contributed by atoms with Gasteiger partial charge in [-0.3, -0.25) is 4.79 Å². The summed E-state index contributed by atoms with van der Waals surface area (Å²) in [5, 5.41) is 0.645. The van der Waals surface area contributed by atoms with Gasteiger partial charge in [0.1, 0.15) is 11.1 Å². The van der Waals surface area contributed by atoms with Crippen LogP contribution in [-0.2, 0) is 0 Å². The number of carbonyl (C=O) groups excluding carboxylic acids is 1. The van der Waals surface area contributed by atoms with Gasteiger partial charge in [-0.15, -0.1) is 0 Å². The minimum atomic E-state index is -2.38. The van der Waals surface area contributed by atoms with Crippen molar-refractivity contribution in [2.75, 3.05) is 13.1 Å². The Balaban J connectivity index is 1.68. The summed E-state index contributed by atoms with van der Waals surface area (Å²) >= 11 is 6.02. The van der Waals surface area contributed by atoms with Gasteiger partial charge in [0.15, 0.2) is 0 Å². The normalized spacial score (nSPS) is 27.4. The lowest BCUT2D eigenvalue weighted by atomic mass is 10.1. The minimum Gasteiger partial charge on any atom is -0.444 e. The second kappa shape index (κ2) is 4.19. The van der Waals surface area contributed by atoms with Gasteiger partial charge in [0.25, 0.3) is 5.91 Å². The van der Waals surface area contributed by atoms with Crippen molar-refractivity contribution in [1.82, 2.24) is 4.90 Å². The zero-order chi connectivity index (χ0) is 14.8. The molecule has 0 bridgehead atoms. The molecule has 1 saturated carbocycles. The van der Waals surface area contributed by atoms with Gasteiger partial charge in [-0.2, -0.15) is 0 Å². The average Bonchev–Trinajstić information content (AvgIpc) is 2.88. The first-order valence-corrected chi connectivity index (χ1v) is 7.15. The van der Waals surface area contributed by atoms with Gasteiger partial charge in [0, 0.05) is 18.5 Å². The third kappa shape index (κ3) is 1.73. The molecule has 0 spiro atoms. The number of para-hydroxylation sites is 1. The molecular formula is C15H12ClF2NO2. The van der Waals surface area contributed by atoms with Crippen LogP contribution in [-0.4, -0.2) is 30.3 Å². The van der Waals surface area contributed by atoms with Gasteiger partial charge in [0.2, 0.25) is 11.6 Å². The lowest BCUT2D eigenvalue weighted by Crippen LogP contribution is -2.33. The number of likely N-dealkylation sites (tertiary alicyclic amines) is 1. The number of piperidine rings is 1. The number of fused-ring (bicyclic) bond motifs is 2. The summed E-state index contributed by atoms with van der Waals surface area (Å²) in [7, 11) is 0. The van der Waals surface area contributed by atoms with E-state index < -0.39 is 11.8 Å². The maximum Gasteiger partial charge on any atom is 0.259 e. The van der Waals surface area contributed by atoms with Crippen LogP contribution in [0.4, 0.5) is 8.78 Å². The van der Waals surface area contributed by atoms with Crippen LogP contribution < -0.4 is 0 Å². The minimum absolute atomic E-state index is 0.0212. The summed E-state index contributed by atoms with van der Waals surface area (Å²) in [5.74, 6) is -0.407. The molecule has 1 aliphatic carbocycles. The van der Waals surface area contributed by atoms with E-state index in [1.807, 2.05) is 0 Å². The topological polar surface area (TPSA) is 33.5 Å². The molecule has 2 aliphatic rings. The van der Waals surface area contributed by atoms with Gasteiger partial charge in [-0.1, -0.05) is 18.2 Å². The molecule has 2 aromatic rings. The molecule has 21 heavy (non-hydrogen) atoms. The Bertz CT molecular complexity index is 744. The molecule has 0 N–H and O–H groups in total. The van der Waals surface area contributed by atoms with Crippen molar-refractivity contribution in [2.45, 2.75) is 12.8 Å². The van der Waals surface area contributed by atoms with E-state index >= 15 is 0 Å². The second-order valence-electron chi connectivity index (χ2n) is 5.87. The number of furan rings is 1. The van der Waals surface area contributed by atoms with Gasteiger partial charge < -0.3 is 9.32 Å². The lowest BCUT2D eigenvalue weighted by Gasteiger charge is -2.20. The fourth-order valence-electron chi connectivity index (χ4n) is 3.39. The quantitative estimate of drug-likeness (QED) is 0.845. The summed E-state index contributed by atoms with van der Waals surface area (Å²) in [4.78, 5) is 14.1. The van der Waals surface area contributed by atoms with Crippen molar-refractivity contribution in [3.63, 3.8) is 0 Å². The molecule has 1 amide bonds. The molecule has 1 aromatic heterocycles. The molecule has 0 unspecified atom stereocenters. The standard InChI is InChI=1S/C15H12ClF2NO2/c16-12-11(9-3-1-2-4-10(9)21-12)13(20)19-6-8-5-15(8,7-19)14(17)18/h1-4,8,14H,5-7H2/t8-,15-/m0/s1. The van der Waals surface area contributed by atoms with Crippen LogP contribution in [0, 0.1) is 11.3 Å². The lowest BCUT2D eigenvalue weighted by molar-refractivity contribution is 0.0488. The molecule has 1 aliphatic heterocycles. The smallest absolute Gasteiger partial charge is 0.259 e. The third-order valence-electron chi connectivity index (χ3n) is 4.69. The molecule has 4 rings (SSSR count). The Morgan fingerprint density at radius 3 is 2.90 bits per heavy atom. The zero-order valence-corrected chi connectivity index (χ0v) is 11.7. The number of halogens is 3. The summed E-state index contributed by atoms with van der Waals surface area (Å²) in [5.41, 5.74) is -0.182. The molecule has 1 saturated heterocycles. The summed E-state index contributed by atoms with van der Waals surface area (Å²) in [6, 6.07) is 7.04. The maximum atomic E-state index is 13.1. The van der Waals surface area contributed by atoms with Gasteiger partial charge in [0.05, 0.1) is 5.41 Å². The number of rotatable bonds is 2. The van der Waals surface area contributed by atoms with Gasteiger partial charge >= 0.3 is 0 Å². The Hall–Kier alpha value is -1.62. The Kier molecular flexibility index (Phi) is 2.61. The van der Waals surface area contributed by atoms with Crippen molar-refractivity contribution in [2.24, 2.45) is 11.3 Å². The number of hydrogen-bond acceptors (Lipinski definition) is 2. The first kappa shape index (κ1) is 13.1. The SMILES string of the molecule is O=C(c1c(Cl)oc2ccccc12)N1C[C@@H]2C[C@]2(C(F)F)C1. The Labute approximate surface area is 124 Å². The fraction of sp³-hybridized carbons (Fsp3) is 0.400. The van der Waals surface area contributed by atoms with Crippen LogP contribution in [0.2, 0.25) is 5.22 Å². The number of hydrogen-bond donors (Lipinski definition) is 0.